The maximum Gasteiger partial charge on any atom is 0.137 e. The molecule has 0 bridgehead atoms. The molecule has 0 saturated carbocycles. The predicted octanol–water partition coefficient (Wildman–Crippen LogP) is 4.47. The number of fused-ring (bicyclic) bond motifs is 1. The van der Waals surface area contributed by atoms with Crippen molar-refractivity contribution in [3.05, 3.63) is 59.4 Å². The molecule has 5 heteroatoms. The molecular formula is C20H23ClN2O2. The number of aromatic nitrogens is 2. The number of benzene rings is 2. The van der Waals surface area contributed by atoms with E-state index in [0.29, 0.717) is 11.6 Å². The van der Waals surface area contributed by atoms with Gasteiger partial charge in [-0.05, 0) is 43.5 Å². The number of para-hydroxylation sites is 3. The summed E-state index contributed by atoms with van der Waals surface area (Å²) in [4.78, 5) is 4.71. The highest BCUT2D eigenvalue weighted by atomic mass is 35.5. The fourth-order valence-electron chi connectivity index (χ4n) is 2.92. The number of aliphatic hydroxyl groups is 1. The first-order valence-electron chi connectivity index (χ1n) is 8.72. The van der Waals surface area contributed by atoms with Crippen molar-refractivity contribution in [3.8, 4) is 5.75 Å². The summed E-state index contributed by atoms with van der Waals surface area (Å²) >= 11 is 6.10. The first-order chi connectivity index (χ1) is 12.3. The first kappa shape index (κ1) is 17.8. The number of hydrogen-bond acceptors (Lipinski definition) is 3. The fourth-order valence-corrected chi connectivity index (χ4v) is 3.11. The fraction of sp³-hybridized carbons (Fsp3) is 0.350. The van der Waals surface area contributed by atoms with Crippen molar-refractivity contribution in [3.63, 3.8) is 0 Å². The summed E-state index contributed by atoms with van der Waals surface area (Å²) in [6, 6.07) is 15.7. The van der Waals surface area contributed by atoms with Crippen molar-refractivity contribution >= 4 is 22.6 Å². The number of nitrogens with zero attached hydrogens (tertiary/aromatic N) is 2. The van der Waals surface area contributed by atoms with Gasteiger partial charge in [0.15, 0.2) is 0 Å². The van der Waals surface area contributed by atoms with Gasteiger partial charge in [0.05, 0.1) is 22.7 Å². The standard InChI is InChI=1S/C20H23ClN2O2/c21-16-8-1-4-11-19(16)25-15-6-5-13-23-18-10-3-2-9-17(18)22-20(23)12-7-14-24/h1-4,8-11,24H,5-7,12-15H2. The SMILES string of the molecule is OCCCc1nc2ccccc2n1CCCCOc1ccccc1Cl. The number of imidazole rings is 1. The van der Waals surface area contributed by atoms with E-state index in [9.17, 15) is 0 Å². The zero-order chi connectivity index (χ0) is 17.5. The van der Waals surface area contributed by atoms with Gasteiger partial charge in [-0.3, -0.25) is 0 Å². The summed E-state index contributed by atoms with van der Waals surface area (Å²) in [5, 5.41) is 9.75. The van der Waals surface area contributed by atoms with Gasteiger partial charge in [0.1, 0.15) is 11.6 Å². The molecule has 0 saturated heterocycles. The number of unbranched alkanes of at least 4 members (excludes halogenated alkanes) is 1. The molecule has 0 aliphatic heterocycles. The van der Waals surface area contributed by atoms with E-state index in [1.807, 2.05) is 42.5 Å². The Morgan fingerprint density at radius 1 is 1.00 bits per heavy atom. The molecule has 4 nitrogen and oxygen atoms in total. The van der Waals surface area contributed by atoms with Gasteiger partial charge < -0.3 is 14.4 Å². The highest BCUT2D eigenvalue weighted by Gasteiger charge is 2.09. The third-order valence-corrected chi connectivity index (χ3v) is 4.47. The van der Waals surface area contributed by atoms with Gasteiger partial charge in [0.25, 0.3) is 0 Å². The first-order valence-corrected chi connectivity index (χ1v) is 9.09. The van der Waals surface area contributed by atoms with Crippen LogP contribution in [-0.4, -0.2) is 27.9 Å². The molecule has 0 atom stereocenters. The van der Waals surface area contributed by atoms with Crippen LogP contribution in [0.2, 0.25) is 5.02 Å². The molecule has 3 rings (SSSR count). The molecule has 2 aromatic carbocycles. The normalized spacial score (nSPS) is 11.1. The Kier molecular flexibility index (Phi) is 6.31. The molecule has 0 spiro atoms. The summed E-state index contributed by atoms with van der Waals surface area (Å²) in [5.74, 6) is 1.78. The largest absolute Gasteiger partial charge is 0.492 e. The van der Waals surface area contributed by atoms with E-state index in [1.54, 1.807) is 0 Å². The van der Waals surface area contributed by atoms with Crippen LogP contribution in [0.4, 0.5) is 0 Å². The van der Waals surface area contributed by atoms with Crippen LogP contribution in [0.1, 0.15) is 25.1 Å². The van der Waals surface area contributed by atoms with Gasteiger partial charge >= 0.3 is 0 Å². The van der Waals surface area contributed by atoms with E-state index in [2.05, 4.69) is 10.6 Å². The number of rotatable bonds is 9. The molecule has 25 heavy (non-hydrogen) atoms. The van der Waals surface area contributed by atoms with Crippen LogP contribution in [0, 0.1) is 0 Å². The molecule has 3 aromatic rings. The summed E-state index contributed by atoms with van der Waals surface area (Å²) < 4.78 is 8.01. The Bertz CT molecular complexity index is 816. The zero-order valence-electron chi connectivity index (χ0n) is 14.2. The number of halogens is 1. The molecule has 0 aliphatic carbocycles. The molecular weight excluding hydrogens is 336 g/mol. The summed E-state index contributed by atoms with van der Waals surface area (Å²) in [6.07, 6.45) is 3.47. The maximum atomic E-state index is 9.11. The predicted molar refractivity (Wildman–Crippen MR) is 101 cm³/mol. The van der Waals surface area contributed by atoms with Crippen molar-refractivity contribution in [2.75, 3.05) is 13.2 Å². The number of ether oxygens (including phenoxy) is 1. The van der Waals surface area contributed by atoms with Crippen LogP contribution >= 0.6 is 11.6 Å². The van der Waals surface area contributed by atoms with E-state index < -0.39 is 0 Å². The van der Waals surface area contributed by atoms with Gasteiger partial charge in [-0.15, -0.1) is 0 Å². The second kappa shape index (κ2) is 8.88. The number of hydrogen-bond donors (Lipinski definition) is 1. The van der Waals surface area contributed by atoms with Crippen LogP contribution in [0.25, 0.3) is 11.0 Å². The van der Waals surface area contributed by atoms with Crippen molar-refractivity contribution < 1.29 is 9.84 Å². The third-order valence-electron chi connectivity index (χ3n) is 4.16. The average Bonchev–Trinajstić information content (AvgIpc) is 2.99. The van der Waals surface area contributed by atoms with Crippen molar-refractivity contribution in [2.45, 2.75) is 32.2 Å². The minimum Gasteiger partial charge on any atom is -0.492 e. The van der Waals surface area contributed by atoms with E-state index in [1.165, 1.54) is 0 Å². The molecule has 0 amide bonds. The van der Waals surface area contributed by atoms with Gasteiger partial charge in [0.2, 0.25) is 0 Å². The van der Waals surface area contributed by atoms with Crippen LogP contribution in [0.5, 0.6) is 5.75 Å². The Hall–Kier alpha value is -2.04. The lowest BCUT2D eigenvalue weighted by Crippen LogP contribution is -2.07. The molecule has 0 unspecified atom stereocenters. The molecule has 0 radical (unpaired) electrons. The Labute approximate surface area is 153 Å². The van der Waals surface area contributed by atoms with Crippen LogP contribution in [0.15, 0.2) is 48.5 Å². The van der Waals surface area contributed by atoms with Gasteiger partial charge in [-0.25, -0.2) is 4.98 Å². The summed E-state index contributed by atoms with van der Waals surface area (Å²) in [5.41, 5.74) is 2.17. The lowest BCUT2D eigenvalue weighted by atomic mass is 10.2. The third kappa shape index (κ3) is 4.53. The molecule has 1 aromatic heterocycles. The topological polar surface area (TPSA) is 47.3 Å². The molecule has 1 N–H and O–H groups in total. The Morgan fingerprint density at radius 3 is 2.64 bits per heavy atom. The van der Waals surface area contributed by atoms with Gasteiger partial charge in [-0.2, -0.15) is 0 Å². The van der Waals surface area contributed by atoms with Crippen molar-refractivity contribution in [2.24, 2.45) is 0 Å². The van der Waals surface area contributed by atoms with Gasteiger partial charge in [0, 0.05) is 19.6 Å². The summed E-state index contributed by atoms with van der Waals surface area (Å²) in [6.45, 7) is 1.73. The maximum absolute atomic E-state index is 9.11. The van der Waals surface area contributed by atoms with E-state index in [-0.39, 0.29) is 6.61 Å². The van der Waals surface area contributed by atoms with Crippen LogP contribution < -0.4 is 4.74 Å². The molecule has 0 aliphatic rings. The monoisotopic (exact) mass is 358 g/mol. The minimum absolute atomic E-state index is 0.189. The van der Waals surface area contributed by atoms with E-state index in [0.717, 1.165) is 54.8 Å². The zero-order valence-corrected chi connectivity index (χ0v) is 15.0. The molecule has 1 heterocycles. The highest BCUT2D eigenvalue weighted by molar-refractivity contribution is 6.32. The van der Waals surface area contributed by atoms with E-state index in [4.69, 9.17) is 26.4 Å². The highest BCUT2D eigenvalue weighted by Crippen LogP contribution is 2.23. The number of aliphatic hydroxyl groups excluding tert-OH is 1. The lowest BCUT2D eigenvalue weighted by molar-refractivity contribution is 0.286. The van der Waals surface area contributed by atoms with Crippen LogP contribution in [0.3, 0.4) is 0 Å². The number of aryl methyl sites for hydroxylation is 2. The second-order valence-electron chi connectivity index (χ2n) is 5.98. The quantitative estimate of drug-likeness (QED) is 0.574. The van der Waals surface area contributed by atoms with Crippen molar-refractivity contribution in [1.29, 1.82) is 0 Å². The summed E-state index contributed by atoms with van der Waals surface area (Å²) in [7, 11) is 0. The van der Waals surface area contributed by atoms with Crippen LogP contribution in [-0.2, 0) is 13.0 Å². The molecule has 132 valence electrons. The Balaban J connectivity index is 1.58. The Morgan fingerprint density at radius 2 is 1.80 bits per heavy atom. The minimum atomic E-state index is 0.189. The lowest BCUT2D eigenvalue weighted by Gasteiger charge is -2.10. The van der Waals surface area contributed by atoms with Crippen molar-refractivity contribution in [1.82, 2.24) is 9.55 Å². The van der Waals surface area contributed by atoms with E-state index >= 15 is 0 Å². The second-order valence-corrected chi connectivity index (χ2v) is 6.39. The van der Waals surface area contributed by atoms with Gasteiger partial charge in [-0.1, -0.05) is 35.9 Å². The smallest absolute Gasteiger partial charge is 0.137 e. The average molecular weight is 359 g/mol. The molecule has 0 fully saturated rings.